The standard InChI is InChI=1S/C11H10ClN3/c1-7-11-5-13-6-15(11)10-4-8(12)2-3-9(10)14-7/h2-7,14H,1H3. The van der Waals surface area contributed by atoms with Crippen molar-refractivity contribution < 1.29 is 0 Å². The molecule has 0 fully saturated rings. The maximum atomic E-state index is 5.99. The number of benzene rings is 1. The molecule has 0 spiro atoms. The van der Waals surface area contributed by atoms with Crippen LogP contribution in [0.25, 0.3) is 5.69 Å². The quantitative estimate of drug-likeness (QED) is 0.738. The van der Waals surface area contributed by atoms with Crippen molar-refractivity contribution in [2.24, 2.45) is 0 Å². The fourth-order valence-corrected chi connectivity index (χ4v) is 2.13. The van der Waals surface area contributed by atoms with Crippen LogP contribution < -0.4 is 5.32 Å². The van der Waals surface area contributed by atoms with Gasteiger partial charge >= 0.3 is 0 Å². The van der Waals surface area contributed by atoms with Gasteiger partial charge in [-0.1, -0.05) is 11.6 Å². The molecule has 0 saturated carbocycles. The highest BCUT2D eigenvalue weighted by molar-refractivity contribution is 6.30. The number of fused-ring (bicyclic) bond motifs is 3. The third-order valence-corrected chi connectivity index (χ3v) is 2.94. The average Bonchev–Trinajstić information content (AvgIpc) is 2.69. The SMILES string of the molecule is CC1Nc2ccc(Cl)cc2-n2cncc21. The van der Waals surface area contributed by atoms with Gasteiger partial charge < -0.3 is 5.32 Å². The molecule has 0 radical (unpaired) electrons. The maximum Gasteiger partial charge on any atom is 0.0995 e. The summed E-state index contributed by atoms with van der Waals surface area (Å²) in [6.07, 6.45) is 3.70. The fourth-order valence-electron chi connectivity index (χ4n) is 1.96. The number of imidazole rings is 1. The van der Waals surface area contributed by atoms with Crippen molar-refractivity contribution in [3.05, 3.63) is 41.4 Å². The van der Waals surface area contributed by atoms with Gasteiger partial charge in [-0.15, -0.1) is 0 Å². The summed E-state index contributed by atoms with van der Waals surface area (Å²) in [4.78, 5) is 4.16. The number of hydrogen-bond donors (Lipinski definition) is 1. The zero-order chi connectivity index (χ0) is 10.4. The normalized spacial score (nSPS) is 17.9. The van der Waals surface area contributed by atoms with Crippen molar-refractivity contribution in [3.63, 3.8) is 0 Å². The molecule has 2 aromatic rings. The highest BCUT2D eigenvalue weighted by atomic mass is 35.5. The predicted octanol–water partition coefficient (Wildman–Crippen LogP) is 3.01. The molecule has 0 aliphatic carbocycles. The lowest BCUT2D eigenvalue weighted by Gasteiger charge is -2.26. The first kappa shape index (κ1) is 8.80. The molecule has 1 unspecified atom stereocenters. The van der Waals surface area contributed by atoms with Gasteiger partial charge in [0.25, 0.3) is 0 Å². The largest absolute Gasteiger partial charge is 0.375 e. The third-order valence-electron chi connectivity index (χ3n) is 2.70. The van der Waals surface area contributed by atoms with Gasteiger partial charge in [0, 0.05) is 5.02 Å². The van der Waals surface area contributed by atoms with Crippen molar-refractivity contribution in [3.8, 4) is 5.69 Å². The molecule has 1 N–H and O–H groups in total. The van der Waals surface area contributed by atoms with Gasteiger partial charge in [-0.25, -0.2) is 4.98 Å². The minimum Gasteiger partial charge on any atom is -0.375 e. The van der Waals surface area contributed by atoms with Crippen LogP contribution in [0.1, 0.15) is 18.7 Å². The second-order valence-electron chi connectivity index (χ2n) is 3.72. The Morgan fingerprint density at radius 2 is 2.33 bits per heavy atom. The lowest BCUT2D eigenvalue weighted by atomic mass is 10.1. The van der Waals surface area contributed by atoms with E-state index in [1.165, 1.54) is 0 Å². The Bertz CT molecular complexity index is 518. The summed E-state index contributed by atoms with van der Waals surface area (Å²) in [5, 5.41) is 4.15. The molecule has 1 aliphatic heterocycles. The van der Waals surface area contributed by atoms with Crippen molar-refractivity contribution in [2.75, 3.05) is 5.32 Å². The van der Waals surface area contributed by atoms with E-state index in [1.54, 1.807) is 0 Å². The third kappa shape index (κ3) is 1.23. The summed E-state index contributed by atoms with van der Waals surface area (Å²) in [5.74, 6) is 0. The van der Waals surface area contributed by atoms with E-state index in [9.17, 15) is 0 Å². The molecule has 1 aromatic carbocycles. The van der Waals surface area contributed by atoms with Crippen LogP contribution in [-0.4, -0.2) is 9.55 Å². The van der Waals surface area contributed by atoms with Crippen molar-refractivity contribution in [1.29, 1.82) is 0 Å². The molecule has 4 heteroatoms. The number of rotatable bonds is 0. The summed E-state index contributed by atoms with van der Waals surface area (Å²) >= 11 is 5.99. The Labute approximate surface area is 92.7 Å². The molecule has 76 valence electrons. The minimum absolute atomic E-state index is 0.279. The van der Waals surface area contributed by atoms with Crippen molar-refractivity contribution in [2.45, 2.75) is 13.0 Å². The second-order valence-corrected chi connectivity index (χ2v) is 4.15. The van der Waals surface area contributed by atoms with Gasteiger partial charge in [0.15, 0.2) is 0 Å². The zero-order valence-corrected chi connectivity index (χ0v) is 8.99. The van der Waals surface area contributed by atoms with E-state index >= 15 is 0 Å². The molecule has 3 rings (SSSR count). The summed E-state index contributed by atoms with van der Waals surface area (Å²) in [5.41, 5.74) is 3.32. The Hall–Kier alpha value is -1.48. The Morgan fingerprint density at radius 1 is 1.47 bits per heavy atom. The molecule has 0 amide bonds. The summed E-state index contributed by atoms with van der Waals surface area (Å²) in [6.45, 7) is 2.12. The van der Waals surface area contributed by atoms with E-state index < -0.39 is 0 Å². The average molecular weight is 220 g/mol. The van der Waals surface area contributed by atoms with Gasteiger partial charge in [0.2, 0.25) is 0 Å². The number of hydrogen-bond acceptors (Lipinski definition) is 2. The van der Waals surface area contributed by atoms with Crippen molar-refractivity contribution in [1.82, 2.24) is 9.55 Å². The number of halogens is 1. The Balaban J connectivity index is 2.28. The van der Waals surface area contributed by atoms with E-state index in [0.29, 0.717) is 0 Å². The molecule has 2 heterocycles. The Morgan fingerprint density at radius 3 is 3.20 bits per heavy atom. The van der Waals surface area contributed by atoms with Crippen LogP contribution in [0.2, 0.25) is 5.02 Å². The molecular formula is C11H10ClN3. The molecule has 1 aromatic heterocycles. The van der Waals surface area contributed by atoms with Crippen LogP contribution in [0.15, 0.2) is 30.7 Å². The molecule has 3 nitrogen and oxygen atoms in total. The zero-order valence-electron chi connectivity index (χ0n) is 8.24. The summed E-state index contributed by atoms with van der Waals surface area (Å²) in [7, 11) is 0. The molecule has 0 saturated heterocycles. The molecule has 1 atom stereocenters. The highest BCUT2D eigenvalue weighted by Crippen LogP contribution is 2.33. The van der Waals surface area contributed by atoms with Crippen LogP contribution >= 0.6 is 11.6 Å². The first-order valence-electron chi connectivity index (χ1n) is 4.84. The molecule has 0 bridgehead atoms. The molecular weight excluding hydrogens is 210 g/mol. The van der Waals surface area contributed by atoms with Gasteiger partial charge in [-0.2, -0.15) is 0 Å². The second kappa shape index (κ2) is 3.00. The van der Waals surface area contributed by atoms with Crippen LogP contribution in [-0.2, 0) is 0 Å². The highest BCUT2D eigenvalue weighted by Gasteiger charge is 2.20. The lowest BCUT2D eigenvalue weighted by Crippen LogP contribution is -2.18. The number of aromatic nitrogens is 2. The molecule has 1 aliphatic rings. The lowest BCUT2D eigenvalue weighted by molar-refractivity contribution is 0.774. The topological polar surface area (TPSA) is 29.9 Å². The van der Waals surface area contributed by atoms with Crippen LogP contribution in [0.4, 0.5) is 5.69 Å². The Kier molecular flexibility index (Phi) is 1.76. The van der Waals surface area contributed by atoms with E-state index in [0.717, 1.165) is 22.1 Å². The minimum atomic E-state index is 0.279. The summed E-state index contributed by atoms with van der Waals surface area (Å²) < 4.78 is 2.07. The van der Waals surface area contributed by atoms with Gasteiger partial charge in [0.1, 0.15) is 0 Å². The van der Waals surface area contributed by atoms with Crippen LogP contribution in [0, 0.1) is 0 Å². The van der Waals surface area contributed by atoms with E-state index in [2.05, 4.69) is 21.8 Å². The van der Waals surface area contributed by atoms with Crippen molar-refractivity contribution >= 4 is 17.3 Å². The fraction of sp³-hybridized carbons (Fsp3) is 0.182. The smallest absolute Gasteiger partial charge is 0.0995 e. The van der Waals surface area contributed by atoms with E-state index in [4.69, 9.17) is 11.6 Å². The monoisotopic (exact) mass is 219 g/mol. The molecule has 15 heavy (non-hydrogen) atoms. The van der Waals surface area contributed by atoms with Gasteiger partial charge in [-0.3, -0.25) is 4.57 Å². The maximum absolute atomic E-state index is 5.99. The summed E-state index contributed by atoms with van der Waals surface area (Å²) in [6, 6.07) is 6.11. The van der Waals surface area contributed by atoms with E-state index in [1.807, 2.05) is 30.7 Å². The first-order chi connectivity index (χ1) is 7.25. The number of nitrogens with one attached hydrogen (secondary N) is 1. The predicted molar refractivity (Wildman–Crippen MR) is 60.6 cm³/mol. The number of nitrogens with zero attached hydrogens (tertiary/aromatic N) is 2. The van der Waals surface area contributed by atoms with Crippen LogP contribution in [0.3, 0.4) is 0 Å². The van der Waals surface area contributed by atoms with E-state index in [-0.39, 0.29) is 6.04 Å². The van der Waals surface area contributed by atoms with Crippen LogP contribution in [0.5, 0.6) is 0 Å². The first-order valence-corrected chi connectivity index (χ1v) is 5.22. The van der Waals surface area contributed by atoms with Gasteiger partial charge in [0.05, 0.1) is 35.6 Å². The number of anilines is 1. The van der Waals surface area contributed by atoms with Gasteiger partial charge in [-0.05, 0) is 25.1 Å².